The summed E-state index contributed by atoms with van der Waals surface area (Å²) >= 11 is 0. The minimum absolute atomic E-state index is 0.403. The van der Waals surface area contributed by atoms with E-state index in [0.717, 1.165) is 34.4 Å². The zero-order valence-electron chi connectivity index (χ0n) is 30.6. The molecule has 0 saturated heterocycles. The van der Waals surface area contributed by atoms with E-state index in [4.69, 9.17) is 5.73 Å². The van der Waals surface area contributed by atoms with Gasteiger partial charge in [-0.2, -0.15) is 0 Å². The maximum Gasteiger partial charge on any atom is 0.0713 e. The van der Waals surface area contributed by atoms with Crippen LogP contribution in [0.25, 0.3) is 44.7 Å². The van der Waals surface area contributed by atoms with Crippen molar-refractivity contribution >= 4 is 11.3 Å². The number of nitrogens with two attached hydrogens (primary N) is 1. The van der Waals surface area contributed by atoms with Crippen LogP contribution in [-0.2, 0) is 11.8 Å². The lowest BCUT2D eigenvalue weighted by molar-refractivity contribution is 0.768. The van der Waals surface area contributed by atoms with Gasteiger partial charge in [0, 0.05) is 5.70 Å². The second-order valence-electron chi connectivity index (χ2n) is 14.3. The Hall–Kier alpha value is -6.96. The van der Waals surface area contributed by atoms with Gasteiger partial charge in [-0.1, -0.05) is 200 Å². The highest BCUT2D eigenvalue weighted by molar-refractivity contribution is 5.90. The Balaban J connectivity index is 1.11. The van der Waals surface area contributed by atoms with Gasteiger partial charge in [0.15, 0.2) is 0 Å². The normalized spacial score (nSPS) is 13.2. The van der Waals surface area contributed by atoms with Gasteiger partial charge in [0.1, 0.15) is 0 Å². The summed E-state index contributed by atoms with van der Waals surface area (Å²) in [6, 6.07) is 76.5. The van der Waals surface area contributed by atoms with Gasteiger partial charge in [-0.25, -0.2) is 0 Å². The molecule has 1 heteroatoms. The molecule has 9 rings (SSSR count). The molecular formula is C54H41N. The van der Waals surface area contributed by atoms with Crippen molar-refractivity contribution in [1.82, 2.24) is 0 Å². The summed E-state index contributed by atoms with van der Waals surface area (Å²) in [7, 11) is 0. The van der Waals surface area contributed by atoms with Crippen molar-refractivity contribution in [3.63, 3.8) is 0 Å². The molecule has 0 heterocycles. The van der Waals surface area contributed by atoms with Crippen LogP contribution in [0.4, 0.5) is 0 Å². The summed E-state index contributed by atoms with van der Waals surface area (Å²) < 4.78 is 0. The largest absolute Gasteiger partial charge is 0.398 e. The lowest BCUT2D eigenvalue weighted by atomic mass is 9.67. The molecule has 1 nitrogen and oxygen atoms in total. The van der Waals surface area contributed by atoms with E-state index in [1.54, 1.807) is 0 Å². The quantitative estimate of drug-likeness (QED) is 0.149. The Labute approximate surface area is 324 Å². The number of rotatable bonds is 9. The first-order valence-corrected chi connectivity index (χ1v) is 19.0. The van der Waals surface area contributed by atoms with Crippen LogP contribution >= 0.6 is 0 Å². The third-order valence-corrected chi connectivity index (χ3v) is 11.0. The summed E-state index contributed by atoms with van der Waals surface area (Å²) in [6.07, 6.45) is 5.21. The summed E-state index contributed by atoms with van der Waals surface area (Å²) in [4.78, 5) is 0. The van der Waals surface area contributed by atoms with E-state index in [2.05, 4.69) is 206 Å². The highest BCUT2D eigenvalue weighted by atomic mass is 14.6. The monoisotopic (exact) mass is 703 g/mol. The predicted molar refractivity (Wildman–Crippen MR) is 231 cm³/mol. The van der Waals surface area contributed by atoms with Crippen molar-refractivity contribution in [2.45, 2.75) is 11.8 Å². The van der Waals surface area contributed by atoms with E-state index >= 15 is 0 Å². The Kier molecular flexibility index (Phi) is 9.12. The zero-order chi connectivity index (χ0) is 37.0. The molecule has 262 valence electrons. The molecule has 0 radical (unpaired) electrons. The van der Waals surface area contributed by atoms with Gasteiger partial charge >= 0.3 is 0 Å². The Bertz CT molecular complexity index is 2610. The topological polar surface area (TPSA) is 26.0 Å². The summed E-state index contributed by atoms with van der Waals surface area (Å²) in [5, 5.41) is 0. The van der Waals surface area contributed by atoms with Crippen LogP contribution in [0.2, 0.25) is 0 Å². The Morgan fingerprint density at radius 2 is 0.927 bits per heavy atom. The van der Waals surface area contributed by atoms with Crippen LogP contribution in [0.3, 0.4) is 0 Å². The van der Waals surface area contributed by atoms with Gasteiger partial charge < -0.3 is 5.73 Å². The predicted octanol–water partition coefficient (Wildman–Crippen LogP) is 13.0. The van der Waals surface area contributed by atoms with Crippen molar-refractivity contribution in [2.75, 3.05) is 0 Å². The fourth-order valence-electron chi connectivity index (χ4n) is 8.37. The summed E-state index contributed by atoms with van der Waals surface area (Å²) in [6.45, 7) is 0. The molecule has 0 spiro atoms. The second-order valence-corrected chi connectivity index (χ2v) is 14.3. The molecular weight excluding hydrogens is 663 g/mol. The van der Waals surface area contributed by atoms with Gasteiger partial charge in [-0.05, 0) is 109 Å². The van der Waals surface area contributed by atoms with Gasteiger partial charge in [-0.15, -0.1) is 0 Å². The fraction of sp³-hybridized carbons (Fsp3) is 0.0370. The van der Waals surface area contributed by atoms with E-state index < -0.39 is 5.41 Å². The van der Waals surface area contributed by atoms with Crippen molar-refractivity contribution in [3.05, 3.63) is 263 Å². The molecule has 0 bridgehead atoms. The van der Waals surface area contributed by atoms with Crippen LogP contribution in [0.5, 0.6) is 0 Å². The number of benzene rings is 8. The third-order valence-electron chi connectivity index (χ3n) is 11.0. The minimum atomic E-state index is -0.403. The van der Waals surface area contributed by atoms with Crippen molar-refractivity contribution < 1.29 is 0 Å². The zero-order valence-corrected chi connectivity index (χ0v) is 30.6. The van der Waals surface area contributed by atoms with Crippen LogP contribution in [0.15, 0.2) is 224 Å². The first-order chi connectivity index (χ1) is 27.2. The molecule has 0 atom stereocenters. The van der Waals surface area contributed by atoms with Gasteiger partial charge in [0.05, 0.1) is 5.41 Å². The summed E-state index contributed by atoms with van der Waals surface area (Å²) in [5.74, 6) is 0. The van der Waals surface area contributed by atoms with Crippen LogP contribution in [0, 0.1) is 0 Å². The first-order valence-electron chi connectivity index (χ1n) is 19.0. The lowest BCUT2D eigenvalue weighted by Gasteiger charge is -2.33. The lowest BCUT2D eigenvalue weighted by Crippen LogP contribution is -2.28. The van der Waals surface area contributed by atoms with Crippen LogP contribution in [0.1, 0.15) is 38.9 Å². The number of hydrogen-bond donors (Lipinski definition) is 1. The average Bonchev–Trinajstić information content (AvgIpc) is 3.57. The molecule has 0 aromatic heterocycles. The number of fused-ring (bicyclic) bond motifs is 3. The maximum atomic E-state index is 6.71. The van der Waals surface area contributed by atoms with E-state index in [9.17, 15) is 0 Å². The molecule has 2 N–H and O–H groups in total. The highest BCUT2D eigenvalue weighted by Gasteiger charge is 2.45. The van der Waals surface area contributed by atoms with E-state index in [1.165, 1.54) is 55.6 Å². The molecule has 0 saturated carbocycles. The molecule has 1 aliphatic carbocycles. The molecule has 1 aliphatic rings. The molecule has 0 fully saturated rings. The molecule has 8 aromatic rings. The van der Waals surface area contributed by atoms with E-state index in [1.807, 2.05) is 18.2 Å². The molecule has 0 aliphatic heterocycles. The number of hydrogen-bond acceptors (Lipinski definition) is 1. The molecule has 55 heavy (non-hydrogen) atoms. The Morgan fingerprint density at radius 1 is 0.418 bits per heavy atom. The fourth-order valence-corrected chi connectivity index (χ4v) is 8.37. The first kappa shape index (κ1) is 33.8. The molecule has 8 aromatic carbocycles. The Morgan fingerprint density at radius 3 is 1.60 bits per heavy atom. The van der Waals surface area contributed by atoms with Crippen molar-refractivity contribution in [1.29, 1.82) is 0 Å². The summed E-state index contributed by atoms with van der Waals surface area (Å²) in [5.41, 5.74) is 24.0. The third kappa shape index (κ3) is 6.41. The van der Waals surface area contributed by atoms with Gasteiger partial charge in [0.25, 0.3) is 0 Å². The average molecular weight is 704 g/mol. The second kappa shape index (κ2) is 14.8. The molecule has 0 amide bonds. The molecule has 0 unspecified atom stereocenters. The highest BCUT2D eigenvalue weighted by Crippen LogP contribution is 2.56. The smallest absolute Gasteiger partial charge is 0.0713 e. The van der Waals surface area contributed by atoms with Crippen LogP contribution in [-0.4, -0.2) is 0 Å². The van der Waals surface area contributed by atoms with Crippen molar-refractivity contribution in [2.24, 2.45) is 5.73 Å². The van der Waals surface area contributed by atoms with Crippen molar-refractivity contribution in [3.8, 4) is 33.4 Å². The number of allylic oxidation sites excluding steroid dienone is 3. The maximum absolute atomic E-state index is 6.71. The SMILES string of the molecule is N/C(=C\C(=C/Cc1ccccc1)c1cccc(-c2cccc(-c3ccc4c(c3)-c3ccccc3C4(c3ccccc3)c3ccccc3)c2)c1)c1ccccc1. The minimum Gasteiger partial charge on any atom is -0.398 e. The van der Waals surface area contributed by atoms with E-state index in [-0.39, 0.29) is 0 Å². The van der Waals surface area contributed by atoms with Crippen LogP contribution < -0.4 is 5.73 Å². The van der Waals surface area contributed by atoms with Gasteiger partial charge in [0.2, 0.25) is 0 Å². The standard InChI is InChI=1S/C54H41N/c55-53(40-19-7-2-8-20-40)38-46(32-31-39-17-5-1-6-18-39)44-24-16-22-42(36-44)41-21-15-23-43(35-41)45-33-34-52-50(37-45)49-29-13-14-30-51(49)54(52,47-25-9-3-10-26-47)48-27-11-4-12-28-48/h1-30,32-38H,31,55H2/b46-32+,53-38-. The van der Waals surface area contributed by atoms with Gasteiger partial charge in [-0.3, -0.25) is 0 Å². The van der Waals surface area contributed by atoms with E-state index in [0.29, 0.717) is 0 Å².